The number of pyridine rings is 2. The van der Waals surface area contributed by atoms with E-state index in [0.717, 1.165) is 0 Å². The number of carbonyl (C=O) groups is 3. The minimum Gasteiger partial charge on any atom is -0.871 e. The van der Waals surface area contributed by atoms with Gasteiger partial charge < -0.3 is 25.4 Å². The number of thiazole rings is 1. The van der Waals surface area contributed by atoms with Gasteiger partial charge >= 0.3 is 29.0 Å². The third-order valence-corrected chi connectivity index (χ3v) is 5.96. The molecule has 4 aromatic heterocycles. The van der Waals surface area contributed by atoms with Gasteiger partial charge in [-0.3, -0.25) is 14.5 Å². The topological polar surface area (TPSA) is 192 Å². The maximum atomic E-state index is 11.3. The number of carboxylic acid groups (broad SMARTS) is 2. The molecule has 1 radical (unpaired) electrons. The molecule has 0 bridgehead atoms. The third-order valence-electron chi connectivity index (χ3n) is 5.44. The Labute approximate surface area is 278 Å². The van der Waals surface area contributed by atoms with Crippen molar-refractivity contribution in [1.29, 1.82) is 0 Å². The number of halogens is 1. The molecule has 6 aromatic rings. The number of para-hydroxylation sites is 2. The van der Waals surface area contributed by atoms with E-state index in [0.29, 0.717) is 29.4 Å². The molecule has 0 saturated carbocycles. The molecule has 2 aromatic carbocycles. The van der Waals surface area contributed by atoms with Crippen LogP contribution in [-0.4, -0.2) is 47.9 Å². The molecule has 0 aliphatic carbocycles. The molecule has 0 saturated heterocycles. The van der Waals surface area contributed by atoms with Crippen LogP contribution >= 0.6 is 11.3 Å². The van der Waals surface area contributed by atoms with E-state index in [4.69, 9.17) is 10.2 Å². The van der Waals surface area contributed by atoms with Gasteiger partial charge in [0.15, 0.2) is 0 Å². The predicted octanol–water partition coefficient (Wildman–Crippen LogP) is 5.70. The summed E-state index contributed by atoms with van der Waals surface area (Å²) >= 11 is 1.60. The van der Waals surface area contributed by atoms with Crippen molar-refractivity contribution < 1.29 is 56.6 Å². The molecule has 0 spiro atoms. The van der Waals surface area contributed by atoms with E-state index in [1.807, 2.05) is 43.8 Å². The van der Waals surface area contributed by atoms with Gasteiger partial charge in [-0.15, -0.1) is 11.3 Å². The van der Waals surface area contributed by atoms with Crippen LogP contribution in [0.5, 0.6) is 11.5 Å². The SMILES string of the molecule is CCC(=O)CC.F.O=C(O)c1ccc2cccc([O-])c2n1.O=C(O)c1ccc2cccc([O-])c2n1.[Cu+2].c1cc[nH]c1.c1cscn1. The predicted molar refractivity (Wildman–Crippen MR) is 167 cm³/mol. The van der Waals surface area contributed by atoms with Crippen molar-refractivity contribution >= 4 is 50.9 Å². The molecule has 0 atom stereocenters. The van der Waals surface area contributed by atoms with Crippen molar-refractivity contribution in [2.24, 2.45) is 0 Å². The Kier molecular flexibility index (Phi) is 19.8. The quantitative estimate of drug-likeness (QED) is 0.193. The summed E-state index contributed by atoms with van der Waals surface area (Å²) in [6.45, 7) is 3.76. The van der Waals surface area contributed by atoms with Crippen LogP contribution in [0.4, 0.5) is 4.70 Å². The van der Waals surface area contributed by atoms with Crippen LogP contribution in [0.3, 0.4) is 0 Å². The summed E-state index contributed by atoms with van der Waals surface area (Å²) in [5, 5.41) is 43.2. The van der Waals surface area contributed by atoms with Crippen molar-refractivity contribution in [3.05, 3.63) is 114 Å². The fourth-order valence-corrected chi connectivity index (χ4v) is 3.53. The largest absolute Gasteiger partial charge is 2.00 e. The van der Waals surface area contributed by atoms with Gasteiger partial charge in [0, 0.05) is 36.8 Å². The Morgan fingerprint density at radius 3 is 1.46 bits per heavy atom. The second kappa shape index (κ2) is 22.4. The van der Waals surface area contributed by atoms with Crippen LogP contribution in [0.1, 0.15) is 47.7 Å². The summed E-state index contributed by atoms with van der Waals surface area (Å²) in [6.07, 6.45) is 6.90. The number of rotatable bonds is 4. The van der Waals surface area contributed by atoms with Gasteiger partial charge in [-0.05, 0) is 35.0 Å². The van der Waals surface area contributed by atoms with Crippen molar-refractivity contribution in [1.82, 2.24) is 19.9 Å². The summed E-state index contributed by atoms with van der Waals surface area (Å²) < 4.78 is 0. The van der Waals surface area contributed by atoms with Crippen LogP contribution < -0.4 is 10.2 Å². The Hall–Kier alpha value is -5.17. The van der Waals surface area contributed by atoms with E-state index >= 15 is 0 Å². The number of aromatic amines is 1. The van der Waals surface area contributed by atoms with Gasteiger partial charge in [0.2, 0.25) is 0 Å². The molecule has 245 valence electrons. The van der Waals surface area contributed by atoms with Crippen molar-refractivity contribution in [3.8, 4) is 11.5 Å². The number of hydrogen-bond acceptors (Lipinski definition) is 9. The van der Waals surface area contributed by atoms with Crippen molar-refractivity contribution in [2.75, 3.05) is 0 Å². The second-order valence-electron chi connectivity index (χ2n) is 8.47. The first-order valence-corrected chi connectivity index (χ1v) is 14.1. The number of nitrogens with zero attached hydrogens (tertiary/aromatic N) is 3. The molecular weight excluding hydrogens is 667 g/mol. The molecule has 11 nitrogen and oxygen atoms in total. The Morgan fingerprint density at radius 2 is 1.20 bits per heavy atom. The van der Waals surface area contributed by atoms with E-state index in [1.54, 1.807) is 59.4 Å². The van der Waals surface area contributed by atoms with Crippen LogP contribution in [-0.2, 0) is 21.9 Å². The third kappa shape index (κ3) is 14.1. The van der Waals surface area contributed by atoms with Gasteiger partial charge in [-0.25, -0.2) is 19.6 Å². The first-order chi connectivity index (χ1) is 21.2. The first kappa shape index (κ1) is 40.8. The zero-order chi connectivity index (χ0) is 32.3. The minimum atomic E-state index is -1.13. The van der Waals surface area contributed by atoms with Gasteiger partial charge in [-0.1, -0.05) is 73.9 Å². The number of ketones is 1. The molecular formula is C32H31CuFN4O7S. The average molecular weight is 698 g/mol. The molecule has 6 rings (SSSR count). The number of hydrogen-bond donors (Lipinski definition) is 3. The molecule has 0 amide bonds. The number of aromatic nitrogens is 4. The average Bonchev–Trinajstić information content (AvgIpc) is 3.82. The fraction of sp³-hybridized carbons (Fsp3) is 0.125. The van der Waals surface area contributed by atoms with Crippen LogP contribution in [0.2, 0.25) is 0 Å². The maximum Gasteiger partial charge on any atom is 2.00 e. The van der Waals surface area contributed by atoms with E-state index in [9.17, 15) is 24.6 Å². The number of fused-ring (bicyclic) bond motifs is 2. The fourth-order valence-electron chi connectivity index (χ4n) is 3.18. The molecule has 0 aliphatic heterocycles. The number of nitrogens with one attached hydrogen (secondary N) is 1. The number of H-pyrrole nitrogens is 1. The Morgan fingerprint density at radius 1 is 0.739 bits per heavy atom. The number of carboxylic acids is 2. The molecule has 4 heterocycles. The van der Waals surface area contributed by atoms with Crippen molar-refractivity contribution in [2.45, 2.75) is 26.7 Å². The summed E-state index contributed by atoms with van der Waals surface area (Å²) in [7, 11) is 0. The smallest absolute Gasteiger partial charge is 0.871 e. The molecule has 3 N–H and O–H groups in total. The number of aromatic carboxylic acids is 2. The summed E-state index contributed by atoms with van der Waals surface area (Å²) in [5.41, 5.74) is 1.97. The van der Waals surface area contributed by atoms with Gasteiger partial charge in [-0.2, -0.15) is 0 Å². The summed E-state index contributed by atoms with van der Waals surface area (Å²) in [6, 6.07) is 19.2. The monoisotopic (exact) mass is 697 g/mol. The number of carbonyl (C=O) groups excluding carboxylic acids is 1. The molecule has 46 heavy (non-hydrogen) atoms. The first-order valence-electron chi connectivity index (χ1n) is 13.2. The summed E-state index contributed by atoms with van der Waals surface area (Å²) in [4.78, 5) is 45.5. The van der Waals surface area contributed by atoms with Crippen LogP contribution in [0.25, 0.3) is 21.8 Å². The Bertz CT molecular complexity index is 1590. The van der Waals surface area contributed by atoms with Gasteiger partial charge in [0.25, 0.3) is 0 Å². The van der Waals surface area contributed by atoms with E-state index in [2.05, 4.69) is 19.9 Å². The van der Waals surface area contributed by atoms with E-state index in [1.165, 1.54) is 24.3 Å². The zero-order valence-corrected chi connectivity index (χ0v) is 26.4. The Balaban J connectivity index is 0.000000588. The summed E-state index contributed by atoms with van der Waals surface area (Å²) in [5.74, 6) is -2.43. The van der Waals surface area contributed by atoms with Gasteiger partial charge in [0.1, 0.15) is 17.2 Å². The standard InChI is InChI=1S/2C10H7NO3.C5H10O.C4H5N.C3H3NS.Cu.FH/c2*12-8-3-1-2-6-4-5-7(10(13)14)11-9(6)8;1-3-5(6)4-2;1-2-4-5-3-1;1-2-5-3-4-1;;/h2*1-5,12H,(H,13,14);3-4H2,1-2H3;1-5H;1-3H;;1H/q;;;;;+2;/p-2. The van der Waals surface area contributed by atoms with Crippen molar-refractivity contribution in [3.63, 3.8) is 0 Å². The second-order valence-corrected chi connectivity index (χ2v) is 9.22. The van der Waals surface area contributed by atoms with E-state index in [-0.39, 0.29) is 55.7 Å². The van der Waals surface area contributed by atoms with E-state index < -0.39 is 11.9 Å². The van der Waals surface area contributed by atoms with Crippen LogP contribution in [0.15, 0.2) is 102 Å². The van der Waals surface area contributed by atoms with Crippen LogP contribution in [0, 0.1) is 0 Å². The molecule has 14 heteroatoms. The van der Waals surface area contributed by atoms with Gasteiger partial charge in [0.05, 0.1) is 16.5 Å². The molecule has 0 fully saturated rings. The zero-order valence-electron chi connectivity index (χ0n) is 24.6. The maximum absolute atomic E-state index is 11.3. The molecule has 0 aliphatic rings. The normalized spacial score (nSPS) is 9.09. The number of Topliss-reactive ketones (excluding diaryl/α,β-unsaturated/α-hetero) is 1. The number of benzene rings is 2. The molecule has 0 unspecified atom stereocenters. The minimum absolute atomic E-state index is 0.